The zero-order valence-corrected chi connectivity index (χ0v) is 9.54. The monoisotopic (exact) mass is 240 g/mol. The number of ketones is 1. The van der Waals surface area contributed by atoms with Crippen molar-refractivity contribution in [3.05, 3.63) is 35.9 Å². The molecule has 86 valence electrons. The second kappa shape index (κ2) is 4.07. The summed E-state index contributed by atoms with van der Waals surface area (Å²) in [7, 11) is -3.92. The summed E-state index contributed by atoms with van der Waals surface area (Å²) in [5, 5.41) is 4.96. The van der Waals surface area contributed by atoms with Gasteiger partial charge in [-0.25, -0.2) is 13.6 Å². The molecule has 5 nitrogen and oxygen atoms in total. The minimum atomic E-state index is -3.92. The second-order valence-electron chi connectivity index (χ2n) is 3.37. The van der Waals surface area contributed by atoms with Crippen molar-refractivity contribution in [2.24, 2.45) is 5.14 Å². The van der Waals surface area contributed by atoms with Crippen molar-refractivity contribution < 1.29 is 13.2 Å². The highest BCUT2D eigenvalue weighted by Crippen LogP contribution is 2.23. The number of hydrogen-bond donors (Lipinski definition) is 2. The molecule has 0 spiro atoms. The van der Waals surface area contributed by atoms with Gasteiger partial charge in [-0.15, -0.1) is 0 Å². The Bertz CT molecular complexity index is 561. The van der Waals surface area contributed by atoms with E-state index in [1.54, 1.807) is 0 Å². The number of benzene rings is 1. The fourth-order valence-corrected chi connectivity index (χ4v) is 1.90. The number of nitrogens with two attached hydrogens (primary N) is 2. The summed E-state index contributed by atoms with van der Waals surface area (Å²) >= 11 is 0. The van der Waals surface area contributed by atoms with E-state index in [2.05, 4.69) is 6.58 Å². The van der Waals surface area contributed by atoms with Gasteiger partial charge in [0.15, 0.2) is 5.78 Å². The van der Waals surface area contributed by atoms with Crippen molar-refractivity contribution in [1.29, 1.82) is 0 Å². The maximum absolute atomic E-state index is 11.6. The van der Waals surface area contributed by atoms with Crippen LogP contribution in [0.2, 0.25) is 0 Å². The van der Waals surface area contributed by atoms with Crippen molar-refractivity contribution in [2.75, 3.05) is 5.73 Å². The molecular formula is C10H12N2O3S. The average Bonchev–Trinajstić information content (AvgIpc) is 2.15. The molecule has 0 heterocycles. The lowest BCUT2D eigenvalue weighted by molar-refractivity contribution is 0.103. The van der Waals surface area contributed by atoms with Gasteiger partial charge in [0, 0.05) is 5.56 Å². The number of hydrogen-bond acceptors (Lipinski definition) is 4. The van der Waals surface area contributed by atoms with E-state index in [9.17, 15) is 13.2 Å². The zero-order chi connectivity index (χ0) is 12.5. The van der Waals surface area contributed by atoms with E-state index < -0.39 is 15.8 Å². The molecule has 0 radical (unpaired) electrons. The molecule has 0 aliphatic rings. The van der Waals surface area contributed by atoms with Crippen LogP contribution in [-0.2, 0) is 10.0 Å². The third-order valence-corrected chi connectivity index (χ3v) is 2.97. The molecule has 1 aromatic carbocycles. The number of sulfonamides is 1. The molecule has 0 aliphatic heterocycles. The molecule has 1 rings (SSSR count). The number of carbonyl (C=O) groups is 1. The first kappa shape index (κ1) is 12.4. The number of primary sulfonamides is 1. The number of nitrogen functional groups attached to an aromatic ring is 1. The number of rotatable bonds is 3. The fraction of sp³-hybridized carbons (Fsp3) is 0.100. The van der Waals surface area contributed by atoms with Crippen LogP contribution in [0.4, 0.5) is 5.69 Å². The third kappa shape index (κ3) is 2.29. The third-order valence-electron chi connectivity index (χ3n) is 2.00. The van der Waals surface area contributed by atoms with Gasteiger partial charge in [-0.3, -0.25) is 4.79 Å². The first-order valence-electron chi connectivity index (χ1n) is 4.36. The molecule has 0 bridgehead atoms. The second-order valence-corrected chi connectivity index (χ2v) is 4.90. The molecule has 1 aromatic rings. The first-order chi connectivity index (χ1) is 7.25. The van der Waals surface area contributed by atoms with Crippen molar-refractivity contribution in [3.63, 3.8) is 0 Å². The van der Waals surface area contributed by atoms with Gasteiger partial charge in [0.1, 0.15) is 4.90 Å². The number of Topliss-reactive ketones (excluding diaryl/α,β-unsaturated/α-hetero) is 1. The summed E-state index contributed by atoms with van der Waals surface area (Å²) in [6, 6.07) is 4.09. The van der Waals surface area contributed by atoms with Crippen LogP contribution in [0.15, 0.2) is 35.2 Å². The standard InChI is InChI=1S/C10H12N2O3S/c1-6(2)10(13)7-4-3-5-8(9(7)11)16(12,14)15/h3-5H,1,11H2,2H3,(H2,12,14,15). The van der Waals surface area contributed by atoms with Crippen molar-refractivity contribution >= 4 is 21.5 Å². The van der Waals surface area contributed by atoms with Gasteiger partial charge >= 0.3 is 0 Å². The number of para-hydroxylation sites is 1. The molecule has 6 heteroatoms. The Morgan fingerprint density at radius 3 is 2.38 bits per heavy atom. The number of allylic oxidation sites excluding steroid dienone is 1. The summed E-state index contributed by atoms with van der Waals surface area (Å²) in [4.78, 5) is 11.4. The fourth-order valence-electron chi connectivity index (χ4n) is 1.22. The average molecular weight is 240 g/mol. The van der Waals surface area contributed by atoms with Crippen LogP contribution in [0.5, 0.6) is 0 Å². The van der Waals surface area contributed by atoms with Gasteiger partial charge < -0.3 is 5.73 Å². The van der Waals surface area contributed by atoms with Gasteiger partial charge in [-0.1, -0.05) is 12.6 Å². The molecule has 0 atom stereocenters. The largest absolute Gasteiger partial charge is 0.397 e. The predicted octanol–water partition coefficient (Wildman–Crippen LogP) is 0.675. The van der Waals surface area contributed by atoms with E-state index in [1.807, 2.05) is 0 Å². The van der Waals surface area contributed by atoms with Crippen LogP contribution in [0, 0.1) is 0 Å². The molecule has 0 unspecified atom stereocenters. The number of carbonyl (C=O) groups excluding carboxylic acids is 1. The van der Waals surface area contributed by atoms with Crippen LogP contribution in [-0.4, -0.2) is 14.2 Å². The molecule has 16 heavy (non-hydrogen) atoms. The molecule has 0 aliphatic carbocycles. The Labute approximate surface area is 93.8 Å². The molecule has 4 N–H and O–H groups in total. The highest BCUT2D eigenvalue weighted by atomic mass is 32.2. The lowest BCUT2D eigenvalue weighted by atomic mass is 10.0. The van der Waals surface area contributed by atoms with E-state index in [0.717, 1.165) is 0 Å². The van der Waals surface area contributed by atoms with Crippen molar-refractivity contribution in [3.8, 4) is 0 Å². The smallest absolute Gasteiger partial charge is 0.240 e. The van der Waals surface area contributed by atoms with Gasteiger partial charge in [0.25, 0.3) is 0 Å². The maximum Gasteiger partial charge on any atom is 0.240 e. The summed E-state index contributed by atoms with van der Waals surface area (Å²) in [6.45, 7) is 5.00. The lowest BCUT2D eigenvalue weighted by Gasteiger charge is -2.08. The highest BCUT2D eigenvalue weighted by Gasteiger charge is 2.18. The van der Waals surface area contributed by atoms with Crippen LogP contribution < -0.4 is 10.9 Å². The summed E-state index contributed by atoms with van der Waals surface area (Å²) in [5.74, 6) is -0.400. The first-order valence-corrected chi connectivity index (χ1v) is 5.91. The summed E-state index contributed by atoms with van der Waals surface area (Å²) in [6.07, 6.45) is 0. The summed E-state index contributed by atoms with van der Waals surface area (Å²) < 4.78 is 22.3. The summed E-state index contributed by atoms with van der Waals surface area (Å²) in [5.41, 5.74) is 5.82. The molecule has 0 aromatic heterocycles. The minimum absolute atomic E-state index is 0.0963. The van der Waals surface area contributed by atoms with Crippen LogP contribution in [0.1, 0.15) is 17.3 Å². The Morgan fingerprint density at radius 1 is 1.38 bits per heavy atom. The van der Waals surface area contributed by atoms with E-state index in [1.165, 1.54) is 25.1 Å². The van der Waals surface area contributed by atoms with Crippen LogP contribution in [0.25, 0.3) is 0 Å². The highest BCUT2D eigenvalue weighted by molar-refractivity contribution is 7.89. The van der Waals surface area contributed by atoms with E-state index in [0.29, 0.717) is 0 Å². The van der Waals surface area contributed by atoms with Gasteiger partial charge in [0.05, 0.1) is 5.69 Å². The van der Waals surface area contributed by atoms with Crippen LogP contribution in [0.3, 0.4) is 0 Å². The topological polar surface area (TPSA) is 103 Å². The predicted molar refractivity (Wildman–Crippen MR) is 61.4 cm³/mol. The Balaban J connectivity index is 3.48. The Hall–Kier alpha value is -1.66. The minimum Gasteiger partial charge on any atom is -0.397 e. The van der Waals surface area contributed by atoms with Gasteiger partial charge in [0.2, 0.25) is 10.0 Å². The van der Waals surface area contributed by atoms with Crippen molar-refractivity contribution in [2.45, 2.75) is 11.8 Å². The maximum atomic E-state index is 11.6. The Kier molecular flexibility index (Phi) is 3.16. The van der Waals surface area contributed by atoms with Gasteiger partial charge in [-0.05, 0) is 24.6 Å². The molecule has 0 saturated heterocycles. The lowest BCUT2D eigenvalue weighted by Crippen LogP contribution is -2.16. The quantitative estimate of drug-likeness (QED) is 0.460. The van der Waals surface area contributed by atoms with E-state index >= 15 is 0 Å². The van der Waals surface area contributed by atoms with Crippen molar-refractivity contribution in [1.82, 2.24) is 0 Å². The molecule has 0 amide bonds. The SMILES string of the molecule is C=C(C)C(=O)c1cccc(S(N)(=O)=O)c1N. The van der Waals surface area contributed by atoms with Gasteiger partial charge in [-0.2, -0.15) is 0 Å². The zero-order valence-electron chi connectivity index (χ0n) is 8.73. The van der Waals surface area contributed by atoms with Crippen LogP contribution >= 0.6 is 0 Å². The number of anilines is 1. The molecule has 0 saturated carbocycles. The normalized spacial score (nSPS) is 11.1. The molecule has 0 fully saturated rings. The van der Waals surface area contributed by atoms with E-state index in [4.69, 9.17) is 10.9 Å². The van der Waals surface area contributed by atoms with E-state index in [-0.39, 0.29) is 21.7 Å². The molecular weight excluding hydrogens is 228 g/mol. The Morgan fingerprint density at radius 2 is 1.94 bits per heavy atom.